The van der Waals surface area contributed by atoms with Crippen LogP contribution in [-0.2, 0) is 11.0 Å². The molecule has 3 aromatic rings. The standard InChI is InChI=1S/C29H35ClN4O/c1-6-29(7-2,21-13-15-22(30)16-14-21)25(31)17-24(35)26-19(3)33-34-27(26)32-23(18-28(34,4)5)20-11-9-8-10-12-20/h8-16,23,31-32H,6-7,17-18H2,1-5H3/t23-/m1/s1. The monoisotopic (exact) mass is 490 g/mol. The van der Waals surface area contributed by atoms with Gasteiger partial charge in [-0.2, -0.15) is 5.10 Å². The zero-order valence-corrected chi connectivity index (χ0v) is 22.0. The Morgan fingerprint density at radius 2 is 1.77 bits per heavy atom. The van der Waals surface area contributed by atoms with Crippen molar-refractivity contribution in [3.63, 3.8) is 0 Å². The normalized spacial score (nSPS) is 16.9. The minimum Gasteiger partial charge on any atom is -0.363 e. The maximum Gasteiger partial charge on any atom is 0.174 e. The quantitative estimate of drug-likeness (QED) is 0.254. The fourth-order valence-electron chi connectivity index (χ4n) is 5.57. The molecule has 0 bridgehead atoms. The second kappa shape index (κ2) is 9.62. The van der Waals surface area contributed by atoms with Gasteiger partial charge in [0.25, 0.3) is 0 Å². The number of fused-ring (bicyclic) bond motifs is 1. The molecule has 1 aromatic heterocycles. The van der Waals surface area contributed by atoms with Crippen LogP contribution in [0, 0.1) is 12.3 Å². The lowest BCUT2D eigenvalue weighted by molar-refractivity contribution is 0.0998. The molecular weight excluding hydrogens is 456 g/mol. The zero-order chi connectivity index (χ0) is 25.4. The van der Waals surface area contributed by atoms with Gasteiger partial charge in [-0.15, -0.1) is 0 Å². The van der Waals surface area contributed by atoms with E-state index in [0.717, 1.165) is 30.6 Å². The van der Waals surface area contributed by atoms with E-state index >= 15 is 0 Å². The number of hydrogen-bond acceptors (Lipinski definition) is 4. The highest BCUT2D eigenvalue weighted by Crippen LogP contribution is 2.42. The van der Waals surface area contributed by atoms with Crippen molar-refractivity contribution in [3.05, 3.63) is 82.0 Å². The maximum atomic E-state index is 13.8. The number of aromatic nitrogens is 2. The summed E-state index contributed by atoms with van der Waals surface area (Å²) in [6.45, 7) is 10.4. The summed E-state index contributed by atoms with van der Waals surface area (Å²) in [4.78, 5) is 13.8. The SMILES string of the molecule is CCC(CC)(C(=N)CC(=O)c1c(C)nn2c1N[C@@H](c1ccccc1)CC2(C)C)c1ccc(Cl)cc1. The zero-order valence-electron chi connectivity index (χ0n) is 21.3. The number of rotatable bonds is 8. The largest absolute Gasteiger partial charge is 0.363 e. The van der Waals surface area contributed by atoms with Crippen LogP contribution in [0.15, 0.2) is 54.6 Å². The number of carbonyl (C=O) groups is 1. The van der Waals surface area contributed by atoms with Crippen molar-refractivity contribution in [2.24, 2.45) is 0 Å². The van der Waals surface area contributed by atoms with Crippen molar-refractivity contribution in [3.8, 4) is 0 Å². The third kappa shape index (κ3) is 4.54. The molecule has 1 atom stereocenters. The van der Waals surface area contributed by atoms with E-state index in [2.05, 4.69) is 45.1 Å². The Labute approximate surface area is 213 Å². The third-order valence-electron chi connectivity index (χ3n) is 7.65. The number of hydrogen-bond donors (Lipinski definition) is 2. The Hall–Kier alpha value is -2.92. The summed E-state index contributed by atoms with van der Waals surface area (Å²) in [6.07, 6.45) is 2.40. The van der Waals surface area contributed by atoms with Gasteiger partial charge in [0, 0.05) is 22.6 Å². The number of nitrogens with zero attached hydrogens (tertiary/aromatic N) is 2. The van der Waals surface area contributed by atoms with E-state index < -0.39 is 5.41 Å². The molecule has 2 N–H and O–H groups in total. The molecule has 2 heterocycles. The van der Waals surface area contributed by atoms with Gasteiger partial charge >= 0.3 is 0 Å². The van der Waals surface area contributed by atoms with Gasteiger partial charge in [0.1, 0.15) is 5.82 Å². The predicted molar refractivity (Wildman–Crippen MR) is 144 cm³/mol. The highest BCUT2D eigenvalue weighted by atomic mass is 35.5. The van der Waals surface area contributed by atoms with Gasteiger partial charge in [-0.1, -0.05) is 67.9 Å². The van der Waals surface area contributed by atoms with Crippen LogP contribution >= 0.6 is 11.6 Å². The van der Waals surface area contributed by atoms with Crippen LogP contribution < -0.4 is 5.32 Å². The van der Waals surface area contributed by atoms with Gasteiger partial charge in [0.15, 0.2) is 5.78 Å². The van der Waals surface area contributed by atoms with Gasteiger partial charge in [-0.3, -0.25) is 4.79 Å². The molecular formula is C29H35ClN4O. The van der Waals surface area contributed by atoms with Crippen LogP contribution in [0.2, 0.25) is 5.02 Å². The molecule has 0 spiro atoms. The lowest BCUT2D eigenvalue weighted by atomic mass is 9.70. The Morgan fingerprint density at radius 1 is 1.14 bits per heavy atom. The first-order chi connectivity index (χ1) is 16.6. The molecule has 0 fully saturated rings. The third-order valence-corrected chi connectivity index (χ3v) is 7.90. The molecule has 1 aliphatic heterocycles. The number of halogens is 1. The van der Waals surface area contributed by atoms with E-state index in [9.17, 15) is 4.79 Å². The Balaban J connectivity index is 1.67. The minimum atomic E-state index is -0.499. The first-order valence-electron chi connectivity index (χ1n) is 12.4. The van der Waals surface area contributed by atoms with Crippen molar-refractivity contribution >= 4 is 28.9 Å². The molecule has 1 aliphatic rings. The van der Waals surface area contributed by atoms with Crippen molar-refractivity contribution < 1.29 is 4.79 Å². The minimum absolute atomic E-state index is 0.0575. The molecule has 0 unspecified atom stereocenters. The van der Waals surface area contributed by atoms with Gasteiger partial charge in [0.2, 0.25) is 0 Å². The summed E-state index contributed by atoms with van der Waals surface area (Å²) in [7, 11) is 0. The first-order valence-corrected chi connectivity index (χ1v) is 12.8. The highest BCUT2D eigenvalue weighted by molar-refractivity contribution is 6.30. The van der Waals surface area contributed by atoms with E-state index in [0.29, 0.717) is 22.0 Å². The lowest BCUT2D eigenvalue weighted by Crippen LogP contribution is -2.38. The highest BCUT2D eigenvalue weighted by Gasteiger charge is 2.39. The summed E-state index contributed by atoms with van der Waals surface area (Å²) < 4.78 is 1.96. The molecule has 5 nitrogen and oxygen atoms in total. The molecule has 4 rings (SSSR count). The van der Waals surface area contributed by atoms with E-state index in [1.54, 1.807) is 0 Å². The Kier molecular flexibility index (Phi) is 6.92. The number of Topliss-reactive ketones (excluding diaryl/α,β-unsaturated/α-hetero) is 1. The van der Waals surface area contributed by atoms with E-state index in [1.165, 1.54) is 5.56 Å². The summed E-state index contributed by atoms with van der Waals surface area (Å²) in [5.74, 6) is 0.696. The molecule has 35 heavy (non-hydrogen) atoms. The fourth-order valence-corrected chi connectivity index (χ4v) is 5.69. The predicted octanol–water partition coefficient (Wildman–Crippen LogP) is 7.49. The lowest BCUT2D eigenvalue weighted by Gasteiger charge is -2.38. The summed E-state index contributed by atoms with van der Waals surface area (Å²) >= 11 is 6.12. The Morgan fingerprint density at radius 3 is 2.37 bits per heavy atom. The van der Waals surface area contributed by atoms with Crippen molar-refractivity contribution in [2.75, 3.05) is 5.32 Å². The van der Waals surface area contributed by atoms with Crippen LogP contribution in [0.4, 0.5) is 5.82 Å². The molecule has 0 amide bonds. The maximum absolute atomic E-state index is 13.8. The molecule has 6 heteroatoms. The second-order valence-corrected chi connectivity index (χ2v) is 10.7. The van der Waals surface area contributed by atoms with Crippen molar-refractivity contribution in [2.45, 2.75) is 77.3 Å². The van der Waals surface area contributed by atoms with E-state index in [1.807, 2.05) is 54.1 Å². The smallest absolute Gasteiger partial charge is 0.174 e. The number of ketones is 1. The van der Waals surface area contributed by atoms with Crippen LogP contribution in [-0.4, -0.2) is 21.3 Å². The number of aryl methyl sites for hydroxylation is 1. The number of carbonyl (C=O) groups excluding carboxylic acids is 1. The fraction of sp³-hybridized carbons (Fsp3) is 0.414. The molecule has 0 saturated carbocycles. The number of nitrogens with one attached hydrogen (secondary N) is 2. The topological polar surface area (TPSA) is 70.8 Å². The van der Waals surface area contributed by atoms with Crippen LogP contribution in [0.5, 0.6) is 0 Å². The number of benzene rings is 2. The average molecular weight is 491 g/mol. The van der Waals surface area contributed by atoms with E-state index in [-0.39, 0.29) is 23.8 Å². The van der Waals surface area contributed by atoms with Crippen LogP contribution in [0.1, 0.15) is 86.6 Å². The van der Waals surface area contributed by atoms with Crippen molar-refractivity contribution in [1.82, 2.24) is 9.78 Å². The average Bonchev–Trinajstić information content (AvgIpc) is 3.18. The first kappa shape index (κ1) is 25.2. The Bertz CT molecular complexity index is 1220. The number of anilines is 1. The van der Waals surface area contributed by atoms with E-state index in [4.69, 9.17) is 22.1 Å². The molecule has 0 saturated heterocycles. The van der Waals surface area contributed by atoms with Crippen LogP contribution in [0.3, 0.4) is 0 Å². The van der Waals surface area contributed by atoms with Gasteiger partial charge in [0.05, 0.1) is 22.8 Å². The van der Waals surface area contributed by atoms with Gasteiger partial charge in [-0.25, -0.2) is 4.68 Å². The molecule has 0 aliphatic carbocycles. The van der Waals surface area contributed by atoms with Gasteiger partial charge in [-0.05, 0) is 63.3 Å². The van der Waals surface area contributed by atoms with Crippen LogP contribution in [0.25, 0.3) is 0 Å². The second-order valence-electron chi connectivity index (χ2n) is 10.2. The molecule has 2 aromatic carbocycles. The van der Waals surface area contributed by atoms with Crippen molar-refractivity contribution in [1.29, 1.82) is 5.41 Å². The summed E-state index contributed by atoms with van der Waals surface area (Å²) in [5, 5.41) is 18.1. The molecule has 0 radical (unpaired) electrons. The summed E-state index contributed by atoms with van der Waals surface area (Å²) in [6, 6.07) is 18.1. The van der Waals surface area contributed by atoms with Gasteiger partial charge < -0.3 is 10.7 Å². The molecule has 184 valence electrons. The summed E-state index contributed by atoms with van der Waals surface area (Å²) in [5.41, 5.74) is 3.21.